The van der Waals surface area contributed by atoms with Gasteiger partial charge in [0.15, 0.2) is 0 Å². The maximum Gasteiger partial charge on any atom is 0.319 e. The summed E-state index contributed by atoms with van der Waals surface area (Å²) in [6.07, 6.45) is 28.5. The van der Waals surface area contributed by atoms with Crippen LogP contribution >= 0.6 is 0 Å². The van der Waals surface area contributed by atoms with E-state index >= 15 is 0 Å². The molecule has 220 valence electrons. The molecule has 1 saturated heterocycles. The van der Waals surface area contributed by atoms with E-state index in [4.69, 9.17) is 0 Å². The Kier molecular flexibility index (Phi) is 22.4. The summed E-state index contributed by atoms with van der Waals surface area (Å²) in [6.45, 7) is 7.27. The molecule has 1 atom stereocenters. The van der Waals surface area contributed by atoms with Crippen LogP contribution in [0.15, 0.2) is 0 Å². The second-order valence-electron chi connectivity index (χ2n) is 12.0. The number of carbonyl (C=O) groups excluding carboxylic acids is 1. The lowest BCUT2D eigenvalue weighted by molar-refractivity contribution is 0.118. The van der Waals surface area contributed by atoms with Crippen LogP contribution in [0.3, 0.4) is 0 Å². The van der Waals surface area contributed by atoms with Crippen LogP contribution in [-0.4, -0.2) is 80.6 Å². The van der Waals surface area contributed by atoms with Gasteiger partial charge in [0.2, 0.25) is 0 Å². The normalized spacial score (nSPS) is 16.0. The first kappa shape index (κ1) is 34.2. The van der Waals surface area contributed by atoms with Crippen LogP contribution in [0.4, 0.5) is 4.79 Å². The molecule has 1 fully saturated rings. The fraction of sp³-hybridized carbons (Fsp3) is 0.969. The topological polar surface area (TPSA) is 38.8 Å². The van der Waals surface area contributed by atoms with E-state index in [1.165, 1.54) is 109 Å². The van der Waals surface area contributed by atoms with Crippen LogP contribution in [0.2, 0.25) is 0 Å². The Bertz CT molecular complexity index is 513. The quantitative estimate of drug-likeness (QED) is 0.130. The van der Waals surface area contributed by atoms with E-state index < -0.39 is 0 Å². The number of hydrogen-bond acceptors (Lipinski definition) is 3. The lowest BCUT2D eigenvalue weighted by atomic mass is 9.99. The van der Waals surface area contributed by atoms with Crippen molar-refractivity contribution in [2.45, 2.75) is 148 Å². The first-order valence-electron chi connectivity index (χ1n) is 16.4. The minimum atomic E-state index is 0.237. The van der Waals surface area contributed by atoms with E-state index in [1.807, 2.05) is 11.9 Å². The maximum absolute atomic E-state index is 13.0. The van der Waals surface area contributed by atoms with Crippen LogP contribution in [0.1, 0.15) is 142 Å². The number of unbranched alkanes of at least 4 members (excludes halogenated alkanes) is 15. The molecule has 2 amide bonds. The fourth-order valence-electron chi connectivity index (χ4n) is 5.68. The number of amides is 2. The first-order valence-corrected chi connectivity index (χ1v) is 16.4. The Morgan fingerprint density at radius 3 is 1.78 bits per heavy atom. The van der Waals surface area contributed by atoms with E-state index in [1.54, 1.807) is 0 Å². The highest BCUT2D eigenvalue weighted by Crippen LogP contribution is 2.21. The molecular formula is C32H66N4O. The highest BCUT2D eigenvalue weighted by molar-refractivity contribution is 5.74. The van der Waals surface area contributed by atoms with Crippen LogP contribution in [0.25, 0.3) is 0 Å². The zero-order chi connectivity index (χ0) is 27.0. The van der Waals surface area contributed by atoms with E-state index in [9.17, 15) is 4.79 Å². The molecule has 1 N–H and O–H groups in total. The van der Waals surface area contributed by atoms with Gasteiger partial charge in [-0.25, -0.2) is 4.79 Å². The Morgan fingerprint density at radius 2 is 1.24 bits per heavy atom. The van der Waals surface area contributed by atoms with E-state index in [-0.39, 0.29) is 6.03 Å². The molecule has 0 bridgehead atoms. The molecule has 5 nitrogen and oxygen atoms in total. The lowest BCUT2D eigenvalue weighted by Gasteiger charge is -2.38. The number of rotatable bonds is 24. The third kappa shape index (κ3) is 19.0. The average molecular weight is 523 g/mol. The third-order valence-electron chi connectivity index (χ3n) is 8.16. The van der Waals surface area contributed by atoms with Gasteiger partial charge in [-0.05, 0) is 72.3 Å². The van der Waals surface area contributed by atoms with Gasteiger partial charge in [-0.15, -0.1) is 0 Å². The standard InChI is InChI=1S/C32H66N4O/c1-5-6-7-8-9-10-11-12-13-14-15-16-17-18-19-21-26-33-27-25-31-24-20-22-30-36(31)32(37)35(4)29-23-28-34(2)3/h31,33H,5-30H2,1-4H3. The van der Waals surface area contributed by atoms with Crippen molar-refractivity contribution in [2.75, 3.05) is 53.9 Å². The Hall–Kier alpha value is -0.810. The summed E-state index contributed by atoms with van der Waals surface area (Å²) in [5.41, 5.74) is 0. The van der Waals surface area contributed by atoms with Crippen LogP contribution in [0, 0.1) is 0 Å². The van der Waals surface area contributed by atoms with Crippen molar-refractivity contribution in [2.24, 2.45) is 0 Å². The number of nitrogens with zero attached hydrogens (tertiary/aromatic N) is 3. The van der Waals surface area contributed by atoms with Gasteiger partial charge in [0, 0.05) is 26.2 Å². The SMILES string of the molecule is CCCCCCCCCCCCCCCCCCNCCC1CCCCN1C(=O)N(C)CCCN(C)C. The summed E-state index contributed by atoms with van der Waals surface area (Å²) in [4.78, 5) is 19.3. The predicted molar refractivity (Wildman–Crippen MR) is 163 cm³/mol. The number of urea groups is 1. The molecule has 5 heteroatoms. The lowest BCUT2D eigenvalue weighted by Crippen LogP contribution is -2.50. The van der Waals surface area contributed by atoms with E-state index in [2.05, 4.69) is 36.1 Å². The molecule has 1 unspecified atom stereocenters. The maximum atomic E-state index is 13.0. The van der Waals surface area contributed by atoms with Gasteiger partial charge in [0.1, 0.15) is 0 Å². The van der Waals surface area contributed by atoms with Crippen LogP contribution in [-0.2, 0) is 0 Å². The molecular weight excluding hydrogens is 456 g/mol. The monoisotopic (exact) mass is 523 g/mol. The zero-order valence-electron chi connectivity index (χ0n) is 25.7. The van der Waals surface area contributed by atoms with Crippen LogP contribution in [0.5, 0.6) is 0 Å². The molecule has 1 aliphatic heterocycles. The summed E-state index contributed by atoms with van der Waals surface area (Å²) in [5.74, 6) is 0. The van der Waals surface area contributed by atoms with Crippen molar-refractivity contribution < 1.29 is 4.79 Å². The number of nitrogens with one attached hydrogen (secondary N) is 1. The predicted octanol–water partition coefficient (Wildman–Crippen LogP) is 8.09. The van der Waals surface area contributed by atoms with Gasteiger partial charge < -0.3 is 20.0 Å². The molecule has 0 aromatic heterocycles. The highest BCUT2D eigenvalue weighted by Gasteiger charge is 2.28. The Morgan fingerprint density at radius 1 is 0.703 bits per heavy atom. The Balaban J connectivity index is 1.94. The number of likely N-dealkylation sites (tertiary alicyclic amines) is 1. The minimum Gasteiger partial charge on any atom is -0.328 e. The van der Waals surface area contributed by atoms with Gasteiger partial charge >= 0.3 is 6.03 Å². The molecule has 1 rings (SSSR count). The highest BCUT2D eigenvalue weighted by atomic mass is 16.2. The van der Waals surface area contributed by atoms with Crippen molar-refractivity contribution in [3.8, 4) is 0 Å². The smallest absolute Gasteiger partial charge is 0.319 e. The van der Waals surface area contributed by atoms with Crippen molar-refractivity contribution in [1.82, 2.24) is 20.0 Å². The summed E-state index contributed by atoms with van der Waals surface area (Å²) in [7, 11) is 6.16. The fourth-order valence-corrected chi connectivity index (χ4v) is 5.68. The van der Waals surface area contributed by atoms with Crippen molar-refractivity contribution in [1.29, 1.82) is 0 Å². The van der Waals surface area contributed by atoms with Crippen LogP contribution < -0.4 is 5.32 Å². The summed E-state index contributed by atoms with van der Waals surface area (Å²) >= 11 is 0. The average Bonchev–Trinajstić information content (AvgIpc) is 2.89. The molecule has 37 heavy (non-hydrogen) atoms. The number of carbonyl (C=O) groups is 1. The molecule has 0 spiro atoms. The molecule has 0 radical (unpaired) electrons. The summed E-state index contributed by atoms with van der Waals surface area (Å²) in [6, 6.07) is 0.650. The number of hydrogen-bond donors (Lipinski definition) is 1. The van der Waals surface area contributed by atoms with Crippen molar-refractivity contribution >= 4 is 6.03 Å². The van der Waals surface area contributed by atoms with Crippen molar-refractivity contribution in [3.05, 3.63) is 0 Å². The first-order chi connectivity index (χ1) is 18.1. The van der Waals surface area contributed by atoms with Gasteiger partial charge in [-0.2, -0.15) is 0 Å². The van der Waals surface area contributed by atoms with Crippen molar-refractivity contribution in [3.63, 3.8) is 0 Å². The zero-order valence-corrected chi connectivity index (χ0v) is 25.7. The molecule has 0 aliphatic carbocycles. The Labute approximate surface area is 232 Å². The van der Waals surface area contributed by atoms with E-state index in [0.29, 0.717) is 6.04 Å². The molecule has 0 aromatic rings. The largest absolute Gasteiger partial charge is 0.328 e. The second-order valence-corrected chi connectivity index (χ2v) is 12.0. The molecule has 1 aliphatic rings. The number of piperidine rings is 1. The van der Waals surface area contributed by atoms with Gasteiger partial charge in [-0.1, -0.05) is 103 Å². The minimum absolute atomic E-state index is 0.237. The third-order valence-corrected chi connectivity index (χ3v) is 8.16. The van der Waals surface area contributed by atoms with E-state index in [0.717, 1.165) is 58.4 Å². The summed E-state index contributed by atoms with van der Waals surface area (Å²) < 4.78 is 0. The summed E-state index contributed by atoms with van der Waals surface area (Å²) in [5, 5.41) is 3.66. The molecule has 0 aromatic carbocycles. The second kappa shape index (κ2) is 24.2. The van der Waals surface area contributed by atoms with Gasteiger partial charge in [0.25, 0.3) is 0 Å². The molecule has 0 saturated carbocycles. The van der Waals surface area contributed by atoms with Gasteiger partial charge in [-0.3, -0.25) is 0 Å². The molecule has 1 heterocycles. The van der Waals surface area contributed by atoms with Gasteiger partial charge in [0.05, 0.1) is 0 Å².